The summed E-state index contributed by atoms with van der Waals surface area (Å²) in [5.41, 5.74) is -1.40. The van der Waals surface area contributed by atoms with Crippen molar-refractivity contribution in [2.24, 2.45) is 45.3 Å². The summed E-state index contributed by atoms with van der Waals surface area (Å²) in [6, 6.07) is 0. The van der Waals surface area contributed by atoms with Gasteiger partial charge in [-0.05, 0) is 125 Å². The van der Waals surface area contributed by atoms with Gasteiger partial charge in [-0.2, -0.15) is 0 Å². The highest BCUT2D eigenvalue weighted by atomic mass is 16.8. The Kier molecular flexibility index (Phi) is 15.0. The van der Waals surface area contributed by atoms with Gasteiger partial charge in [-0.3, -0.25) is 0 Å². The number of aliphatic hydroxyl groups is 10. The highest BCUT2D eigenvalue weighted by Gasteiger charge is 2.71. The zero-order chi connectivity index (χ0) is 46.9. The molecule has 23 atom stereocenters. The van der Waals surface area contributed by atoms with Gasteiger partial charge in [0.25, 0.3) is 0 Å². The Morgan fingerprint density at radius 1 is 0.672 bits per heavy atom. The molecule has 17 heteroatoms. The van der Waals surface area contributed by atoms with Gasteiger partial charge in [-0.15, -0.1) is 0 Å². The van der Waals surface area contributed by atoms with Crippen molar-refractivity contribution < 1.29 is 84.3 Å². The Labute approximate surface area is 377 Å². The molecule has 0 aromatic carbocycles. The van der Waals surface area contributed by atoms with Crippen LogP contribution < -0.4 is 0 Å². The molecule has 368 valence electrons. The van der Waals surface area contributed by atoms with E-state index in [4.69, 9.17) is 28.4 Å². The van der Waals surface area contributed by atoms with Crippen LogP contribution in [0.25, 0.3) is 0 Å². The molecule has 10 N–H and O–H groups in total. The average Bonchev–Trinajstić information content (AvgIpc) is 3.63. The minimum Gasteiger partial charge on any atom is -0.394 e. The molecule has 4 aliphatic carbocycles. The van der Waals surface area contributed by atoms with E-state index in [2.05, 4.69) is 40.7 Å². The van der Waals surface area contributed by atoms with Gasteiger partial charge in [0.05, 0.1) is 31.5 Å². The van der Waals surface area contributed by atoms with Crippen molar-refractivity contribution in [3.8, 4) is 0 Å². The number of fused-ring (bicyclic) bond motifs is 5. The Hall–Kier alpha value is -1.23. The van der Waals surface area contributed by atoms with Gasteiger partial charge in [0, 0.05) is 5.41 Å². The summed E-state index contributed by atoms with van der Waals surface area (Å²) in [5, 5.41) is 106. The van der Waals surface area contributed by atoms with Crippen molar-refractivity contribution in [1.82, 2.24) is 0 Å². The zero-order valence-corrected chi connectivity index (χ0v) is 38.6. The van der Waals surface area contributed by atoms with E-state index in [9.17, 15) is 55.9 Å². The lowest BCUT2D eigenvalue weighted by molar-refractivity contribution is -0.370. The number of rotatable bonds is 13. The van der Waals surface area contributed by atoms with E-state index in [1.54, 1.807) is 0 Å². The summed E-state index contributed by atoms with van der Waals surface area (Å²) >= 11 is 0. The molecule has 64 heavy (non-hydrogen) atoms. The molecule has 3 saturated heterocycles. The van der Waals surface area contributed by atoms with E-state index < -0.39 is 122 Å². The van der Waals surface area contributed by atoms with Gasteiger partial charge in [0.15, 0.2) is 18.9 Å². The van der Waals surface area contributed by atoms with Gasteiger partial charge in [0.1, 0.15) is 73.4 Å². The van der Waals surface area contributed by atoms with Crippen molar-refractivity contribution >= 4 is 6.29 Å². The van der Waals surface area contributed by atoms with Gasteiger partial charge < -0.3 is 84.3 Å². The minimum absolute atomic E-state index is 0.0157. The van der Waals surface area contributed by atoms with Crippen molar-refractivity contribution in [3.63, 3.8) is 0 Å². The van der Waals surface area contributed by atoms with Crippen molar-refractivity contribution in [3.05, 3.63) is 11.6 Å². The second-order valence-corrected chi connectivity index (χ2v) is 22.1. The second kappa shape index (κ2) is 18.9. The molecule has 7 aliphatic rings. The fourth-order valence-corrected chi connectivity index (χ4v) is 14.7. The number of ether oxygens (including phenoxy) is 6. The number of carbonyl (C=O) groups excluding carboxylic acids is 1. The van der Waals surface area contributed by atoms with Crippen LogP contribution in [-0.2, 0) is 33.2 Å². The molecule has 0 radical (unpaired) electrons. The molecule has 0 aromatic heterocycles. The van der Waals surface area contributed by atoms with Gasteiger partial charge in [-0.25, -0.2) is 0 Å². The lowest BCUT2D eigenvalue weighted by atomic mass is 9.36. The first-order chi connectivity index (χ1) is 30.0. The summed E-state index contributed by atoms with van der Waals surface area (Å²) in [6.07, 6.45) is -10.1. The number of hydrogen-bond donors (Lipinski definition) is 10. The molecule has 0 aromatic rings. The Balaban J connectivity index is 1.12. The van der Waals surface area contributed by atoms with E-state index in [0.717, 1.165) is 38.5 Å². The summed E-state index contributed by atoms with van der Waals surface area (Å²) in [5.74, 6) is 0.198. The molecule has 0 bridgehead atoms. The average molecular weight is 915 g/mol. The van der Waals surface area contributed by atoms with Crippen LogP contribution in [0.2, 0.25) is 0 Å². The zero-order valence-electron chi connectivity index (χ0n) is 38.6. The quantitative estimate of drug-likeness (QED) is 0.0696. The van der Waals surface area contributed by atoms with Crippen molar-refractivity contribution in [2.75, 3.05) is 19.8 Å². The fourth-order valence-electron chi connectivity index (χ4n) is 14.7. The second-order valence-electron chi connectivity index (χ2n) is 22.1. The maximum atomic E-state index is 14.0. The third-order valence-corrected chi connectivity index (χ3v) is 18.0. The first kappa shape index (κ1) is 50.6. The van der Waals surface area contributed by atoms with Crippen LogP contribution >= 0.6 is 0 Å². The number of hydrogen-bond acceptors (Lipinski definition) is 17. The molecule has 17 nitrogen and oxygen atoms in total. The maximum Gasteiger partial charge on any atom is 0.187 e. The Morgan fingerprint density at radius 2 is 1.28 bits per heavy atom. The molecule has 3 aliphatic heterocycles. The van der Waals surface area contributed by atoms with E-state index in [1.165, 1.54) is 11.9 Å². The van der Waals surface area contributed by atoms with Crippen LogP contribution in [0, 0.1) is 45.3 Å². The minimum atomic E-state index is -1.68. The summed E-state index contributed by atoms with van der Waals surface area (Å²) < 4.78 is 37.0. The number of allylic oxidation sites excluding steroid dienone is 2. The number of aldehydes is 1. The van der Waals surface area contributed by atoms with Gasteiger partial charge in [0.2, 0.25) is 0 Å². The SMILES string of the molecule is CC(C)=CCCC(C)(OC1OC(CO)C(O)C(O)C1O)C1CCC2C1(C)CCC1C2(C)CCC2C(C)(C)C(OC3OC(CO)C(O)C(O)C3OC3OCC(O)C(O)C3O)CCC21C=O. The van der Waals surface area contributed by atoms with Crippen LogP contribution in [0.4, 0.5) is 0 Å². The highest BCUT2D eigenvalue weighted by molar-refractivity contribution is 5.62. The molecule has 7 rings (SSSR count). The lowest BCUT2D eigenvalue weighted by Crippen LogP contribution is -2.67. The van der Waals surface area contributed by atoms with Crippen LogP contribution in [0.1, 0.15) is 113 Å². The third kappa shape index (κ3) is 8.50. The highest BCUT2D eigenvalue weighted by Crippen LogP contribution is 2.75. The molecule has 7 fully saturated rings. The smallest absolute Gasteiger partial charge is 0.187 e. The number of aliphatic hydroxyl groups excluding tert-OH is 10. The molecule has 23 unspecified atom stereocenters. The topological polar surface area (TPSA) is 275 Å². The van der Waals surface area contributed by atoms with Gasteiger partial charge >= 0.3 is 0 Å². The van der Waals surface area contributed by atoms with Crippen molar-refractivity contribution in [2.45, 2.75) is 210 Å². The lowest BCUT2D eigenvalue weighted by Gasteiger charge is -2.68. The van der Waals surface area contributed by atoms with E-state index >= 15 is 0 Å². The largest absolute Gasteiger partial charge is 0.394 e. The number of carbonyl (C=O) groups is 1. The first-order valence-electron chi connectivity index (χ1n) is 23.7. The molecular formula is C47H78O17. The predicted octanol–water partition coefficient (Wildman–Crippen LogP) is 0.821. The molecular weight excluding hydrogens is 837 g/mol. The van der Waals surface area contributed by atoms with Crippen LogP contribution in [0.5, 0.6) is 0 Å². The summed E-state index contributed by atoms with van der Waals surface area (Å²) in [4.78, 5) is 14.0. The standard InChI is InChI=1S/C47H78O17/c1-23(2)9-8-15-46(7,64-41-38(58)35(55)33(53)25(19-48)60-41)29-11-10-28-44(29,5)17-13-30-45(28,6)16-12-27-43(3,4)31(14-18-47(27,30)22-50)62-42-39(36(56)34(54)26(20-49)61-42)63-40-37(57)32(52)24(51)21-59-40/h9,22,24-42,48-49,51-58H,8,10-21H2,1-7H3. The first-order valence-corrected chi connectivity index (χ1v) is 23.7. The van der Waals surface area contributed by atoms with Crippen LogP contribution in [-0.4, -0.2) is 175 Å². The molecule has 4 saturated carbocycles. The molecule has 0 spiro atoms. The third-order valence-electron chi connectivity index (χ3n) is 18.0. The van der Waals surface area contributed by atoms with Gasteiger partial charge in [-0.1, -0.05) is 39.3 Å². The normalized spacial score (nSPS) is 51.2. The van der Waals surface area contributed by atoms with E-state index in [1.807, 2.05) is 13.8 Å². The fraction of sp³-hybridized carbons (Fsp3) is 0.936. The molecule has 3 heterocycles. The molecule has 0 amide bonds. The van der Waals surface area contributed by atoms with Crippen LogP contribution in [0.15, 0.2) is 11.6 Å². The van der Waals surface area contributed by atoms with Crippen LogP contribution in [0.3, 0.4) is 0 Å². The maximum absolute atomic E-state index is 14.0. The van der Waals surface area contributed by atoms with E-state index in [-0.39, 0.29) is 41.1 Å². The van der Waals surface area contributed by atoms with E-state index in [0.29, 0.717) is 25.7 Å². The summed E-state index contributed by atoms with van der Waals surface area (Å²) in [7, 11) is 0. The summed E-state index contributed by atoms with van der Waals surface area (Å²) in [6.45, 7) is 13.5. The predicted molar refractivity (Wildman–Crippen MR) is 227 cm³/mol. The Bertz CT molecular complexity index is 1640. The monoisotopic (exact) mass is 915 g/mol. The van der Waals surface area contributed by atoms with Crippen molar-refractivity contribution in [1.29, 1.82) is 0 Å². The Morgan fingerprint density at radius 3 is 1.92 bits per heavy atom.